The molecule has 168 valence electrons. The zero-order valence-corrected chi connectivity index (χ0v) is 18.5. The molecule has 1 saturated heterocycles. The smallest absolute Gasteiger partial charge is 0.154 e. The van der Waals surface area contributed by atoms with E-state index in [2.05, 4.69) is 49.2 Å². The molecule has 1 saturated carbocycles. The Morgan fingerprint density at radius 3 is 2.56 bits per heavy atom. The molecular formula is C26H32FN5. The van der Waals surface area contributed by atoms with E-state index in [9.17, 15) is 4.39 Å². The average Bonchev–Trinajstić information content (AvgIpc) is 3.11. The predicted octanol–water partition coefficient (Wildman–Crippen LogP) is 4.21. The molecule has 3 aromatic rings. The molecule has 6 heteroatoms. The van der Waals surface area contributed by atoms with Crippen molar-refractivity contribution in [3.63, 3.8) is 0 Å². The van der Waals surface area contributed by atoms with Crippen LogP contribution < -0.4 is 5.32 Å². The van der Waals surface area contributed by atoms with Crippen molar-refractivity contribution in [2.45, 2.75) is 50.7 Å². The van der Waals surface area contributed by atoms with Gasteiger partial charge in [-0.1, -0.05) is 48.9 Å². The van der Waals surface area contributed by atoms with Crippen LogP contribution in [-0.4, -0.2) is 45.3 Å². The summed E-state index contributed by atoms with van der Waals surface area (Å²) >= 11 is 0. The minimum absolute atomic E-state index is 0.0317. The zero-order chi connectivity index (χ0) is 21.8. The summed E-state index contributed by atoms with van der Waals surface area (Å²) in [5.41, 5.74) is 2.37. The molecule has 2 heterocycles. The average molecular weight is 434 g/mol. The van der Waals surface area contributed by atoms with Crippen molar-refractivity contribution in [3.05, 3.63) is 83.7 Å². The van der Waals surface area contributed by atoms with Gasteiger partial charge in [0.1, 0.15) is 12.1 Å². The fraction of sp³-hybridized carbons (Fsp3) is 0.462. The van der Waals surface area contributed by atoms with Gasteiger partial charge in [0, 0.05) is 32.2 Å². The molecule has 2 atom stereocenters. The largest absolute Gasteiger partial charge is 0.316 e. The Balaban J connectivity index is 1.39. The molecule has 0 bridgehead atoms. The van der Waals surface area contributed by atoms with E-state index in [1.54, 1.807) is 12.1 Å². The van der Waals surface area contributed by atoms with Gasteiger partial charge < -0.3 is 9.88 Å². The van der Waals surface area contributed by atoms with Crippen LogP contribution in [0.1, 0.15) is 48.7 Å². The van der Waals surface area contributed by atoms with E-state index in [1.165, 1.54) is 24.8 Å². The van der Waals surface area contributed by atoms with Gasteiger partial charge in [0.05, 0.1) is 6.04 Å². The fourth-order valence-electron chi connectivity index (χ4n) is 5.13. The molecule has 5 rings (SSSR count). The highest BCUT2D eigenvalue weighted by Crippen LogP contribution is 2.34. The predicted molar refractivity (Wildman–Crippen MR) is 124 cm³/mol. The molecule has 0 radical (unpaired) electrons. The van der Waals surface area contributed by atoms with E-state index >= 15 is 0 Å². The van der Waals surface area contributed by atoms with Crippen molar-refractivity contribution in [2.75, 3.05) is 19.6 Å². The maximum Gasteiger partial charge on any atom is 0.154 e. The number of halogens is 1. The van der Waals surface area contributed by atoms with Crippen molar-refractivity contribution in [2.24, 2.45) is 5.92 Å². The maximum atomic E-state index is 13.7. The van der Waals surface area contributed by atoms with Gasteiger partial charge >= 0.3 is 0 Å². The summed E-state index contributed by atoms with van der Waals surface area (Å²) in [6.45, 7) is 3.73. The molecule has 2 unspecified atom stereocenters. The third-order valence-corrected chi connectivity index (χ3v) is 7.18. The number of hydrogen-bond acceptors (Lipinski definition) is 4. The topological polar surface area (TPSA) is 46.0 Å². The normalized spacial score (nSPS) is 21.1. The van der Waals surface area contributed by atoms with Crippen LogP contribution in [0.15, 0.2) is 60.9 Å². The Morgan fingerprint density at radius 2 is 1.81 bits per heavy atom. The molecule has 0 spiro atoms. The highest BCUT2D eigenvalue weighted by Gasteiger charge is 2.33. The van der Waals surface area contributed by atoms with Crippen molar-refractivity contribution >= 4 is 0 Å². The molecule has 0 amide bonds. The van der Waals surface area contributed by atoms with Gasteiger partial charge in [0.2, 0.25) is 0 Å². The second kappa shape index (κ2) is 9.92. The summed E-state index contributed by atoms with van der Waals surface area (Å²) in [7, 11) is 0. The summed E-state index contributed by atoms with van der Waals surface area (Å²) < 4.78 is 15.9. The first-order valence-corrected chi connectivity index (χ1v) is 11.9. The number of benzene rings is 2. The van der Waals surface area contributed by atoms with E-state index in [0.717, 1.165) is 56.3 Å². The lowest BCUT2D eigenvalue weighted by atomic mass is 9.78. The van der Waals surface area contributed by atoms with Crippen molar-refractivity contribution in [1.82, 2.24) is 25.0 Å². The molecule has 2 aromatic carbocycles. The first-order chi connectivity index (χ1) is 15.8. The monoisotopic (exact) mass is 433 g/mol. The Kier molecular flexibility index (Phi) is 6.60. The standard InChI is InChI=1S/C26H32FN5/c27-23-11-9-22(10-12-23)25(31-17-14-24(28-15-18-31)21-7-4-8-21)26-30-29-19-32(26)16-13-20-5-2-1-3-6-20/h1-3,5-6,9-12,19,21,24-25,28H,4,7-8,13-18H2. The molecule has 2 fully saturated rings. The SMILES string of the molecule is Fc1ccc(C(c2nncn2CCc2ccccc2)N2CCNC(C3CCC3)CC2)cc1. The second-order valence-corrected chi connectivity index (χ2v) is 9.15. The Labute approximate surface area is 189 Å². The van der Waals surface area contributed by atoms with Crippen molar-refractivity contribution in [3.8, 4) is 0 Å². The van der Waals surface area contributed by atoms with Crippen molar-refractivity contribution < 1.29 is 4.39 Å². The number of nitrogens with zero attached hydrogens (tertiary/aromatic N) is 4. The summed E-state index contributed by atoms with van der Waals surface area (Å²) in [4.78, 5) is 2.50. The third-order valence-electron chi connectivity index (χ3n) is 7.18. The van der Waals surface area contributed by atoms with E-state index < -0.39 is 0 Å². The molecule has 1 N–H and O–H groups in total. The van der Waals surface area contributed by atoms with Gasteiger partial charge in [-0.05, 0) is 54.9 Å². The Bertz CT molecular complexity index is 983. The molecule has 1 aliphatic heterocycles. The van der Waals surface area contributed by atoms with Crippen LogP contribution in [0.4, 0.5) is 4.39 Å². The summed E-state index contributed by atoms with van der Waals surface area (Å²) in [5, 5.41) is 12.6. The van der Waals surface area contributed by atoms with Gasteiger partial charge in [0.25, 0.3) is 0 Å². The van der Waals surface area contributed by atoms with Crippen LogP contribution in [0, 0.1) is 11.7 Å². The molecule has 5 nitrogen and oxygen atoms in total. The molecule has 32 heavy (non-hydrogen) atoms. The van der Waals surface area contributed by atoms with Crippen LogP contribution in [0.5, 0.6) is 0 Å². The fourth-order valence-corrected chi connectivity index (χ4v) is 5.13. The highest BCUT2D eigenvalue weighted by atomic mass is 19.1. The first-order valence-electron chi connectivity index (χ1n) is 11.9. The van der Waals surface area contributed by atoms with Crippen LogP contribution in [0.2, 0.25) is 0 Å². The van der Waals surface area contributed by atoms with Gasteiger partial charge in [-0.25, -0.2) is 4.39 Å². The second-order valence-electron chi connectivity index (χ2n) is 9.15. The minimum Gasteiger partial charge on any atom is -0.316 e. The van der Waals surface area contributed by atoms with Crippen LogP contribution in [-0.2, 0) is 13.0 Å². The van der Waals surface area contributed by atoms with E-state index in [1.807, 2.05) is 24.5 Å². The van der Waals surface area contributed by atoms with Crippen LogP contribution in [0.25, 0.3) is 0 Å². The van der Waals surface area contributed by atoms with Crippen LogP contribution >= 0.6 is 0 Å². The third kappa shape index (κ3) is 4.76. The van der Waals surface area contributed by atoms with Gasteiger partial charge in [-0.15, -0.1) is 10.2 Å². The molecular weight excluding hydrogens is 401 g/mol. The summed E-state index contributed by atoms with van der Waals surface area (Å²) in [6, 6.07) is 18.0. The summed E-state index contributed by atoms with van der Waals surface area (Å²) in [5.74, 6) is 1.56. The van der Waals surface area contributed by atoms with E-state index in [-0.39, 0.29) is 11.9 Å². The first kappa shape index (κ1) is 21.3. The van der Waals surface area contributed by atoms with E-state index in [0.29, 0.717) is 6.04 Å². The van der Waals surface area contributed by atoms with Crippen LogP contribution in [0.3, 0.4) is 0 Å². The summed E-state index contributed by atoms with van der Waals surface area (Å²) in [6.07, 6.45) is 7.98. The number of rotatable bonds is 7. The lowest BCUT2D eigenvalue weighted by Crippen LogP contribution is -2.39. The quantitative estimate of drug-likeness (QED) is 0.606. The van der Waals surface area contributed by atoms with Gasteiger partial charge in [-0.3, -0.25) is 4.90 Å². The molecule has 2 aliphatic rings. The minimum atomic E-state index is -0.208. The van der Waals surface area contributed by atoms with Gasteiger partial charge in [-0.2, -0.15) is 0 Å². The number of nitrogens with one attached hydrogen (secondary N) is 1. The highest BCUT2D eigenvalue weighted by molar-refractivity contribution is 5.26. The molecule has 1 aromatic heterocycles. The van der Waals surface area contributed by atoms with E-state index in [4.69, 9.17) is 0 Å². The number of aromatic nitrogens is 3. The lowest BCUT2D eigenvalue weighted by molar-refractivity contribution is 0.205. The van der Waals surface area contributed by atoms with Gasteiger partial charge in [0.15, 0.2) is 5.82 Å². The Morgan fingerprint density at radius 1 is 1.00 bits per heavy atom. The van der Waals surface area contributed by atoms with Crippen molar-refractivity contribution in [1.29, 1.82) is 0 Å². The zero-order valence-electron chi connectivity index (χ0n) is 18.5. The maximum absolute atomic E-state index is 13.7. The number of hydrogen-bond donors (Lipinski definition) is 1. The Hall–Kier alpha value is -2.57. The number of aryl methyl sites for hydroxylation is 2. The molecule has 1 aliphatic carbocycles. The lowest BCUT2D eigenvalue weighted by Gasteiger charge is -2.34.